The summed E-state index contributed by atoms with van der Waals surface area (Å²) >= 11 is 0. The summed E-state index contributed by atoms with van der Waals surface area (Å²) in [4.78, 5) is 0.182. The van der Waals surface area contributed by atoms with Gasteiger partial charge in [0, 0.05) is 11.8 Å². The number of rotatable bonds is 7. The number of hydrogen-bond donors (Lipinski definition) is 1. The standard InChI is InChI=1S/C22H25N3O3S/c1-2-28-20-15-9-8-14-19(20)24-29(26,27)21-16-25(18-12-6-7-13-18)23-22(21)17-10-4-3-5-11-17/h3-5,8-11,14-16,18,24H,2,6-7,12-13H2,1H3. The quantitative estimate of drug-likeness (QED) is 0.602. The molecule has 6 nitrogen and oxygen atoms in total. The second kappa shape index (κ2) is 8.29. The van der Waals surface area contributed by atoms with Gasteiger partial charge >= 0.3 is 0 Å². The van der Waals surface area contributed by atoms with Gasteiger partial charge in [0.2, 0.25) is 0 Å². The van der Waals surface area contributed by atoms with Crippen molar-refractivity contribution in [3.8, 4) is 17.0 Å². The zero-order valence-corrected chi connectivity index (χ0v) is 17.2. The molecule has 0 amide bonds. The van der Waals surface area contributed by atoms with Gasteiger partial charge in [-0.05, 0) is 31.9 Å². The number of nitrogens with one attached hydrogen (secondary N) is 1. The van der Waals surface area contributed by atoms with Crippen LogP contribution in [-0.2, 0) is 10.0 Å². The maximum absolute atomic E-state index is 13.4. The predicted molar refractivity (Wildman–Crippen MR) is 114 cm³/mol. The molecule has 0 radical (unpaired) electrons. The van der Waals surface area contributed by atoms with Crippen LogP contribution in [0.2, 0.25) is 0 Å². The van der Waals surface area contributed by atoms with E-state index in [0.29, 0.717) is 23.7 Å². The highest BCUT2D eigenvalue weighted by atomic mass is 32.2. The van der Waals surface area contributed by atoms with Gasteiger partial charge in [-0.25, -0.2) is 8.42 Å². The molecule has 152 valence electrons. The molecule has 1 aromatic heterocycles. The Balaban J connectivity index is 1.76. The molecule has 0 unspecified atom stereocenters. The van der Waals surface area contributed by atoms with Gasteiger partial charge in [-0.1, -0.05) is 55.3 Å². The highest BCUT2D eigenvalue weighted by Crippen LogP contribution is 2.34. The van der Waals surface area contributed by atoms with E-state index < -0.39 is 10.0 Å². The van der Waals surface area contributed by atoms with Crippen molar-refractivity contribution in [1.29, 1.82) is 0 Å². The summed E-state index contributed by atoms with van der Waals surface area (Å²) in [5, 5.41) is 4.70. The van der Waals surface area contributed by atoms with Crippen molar-refractivity contribution in [3.05, 3.63) is 60.8 Å². The topological polar surface area (TPSA) is 73.2 Å². The fourth-order valence-electron chi connectivity index (χ4n) is 3.76. The molecule has 3 aromatic rings. The molecule has 1 saturated carbocycles. The number of ether oxygens (including phenoxy) is 1. The Hall–Kier alpha value is -2.80. The van der Waals surface area contributed by atoms with Crippen LogP contribution in [0, 0.1) is 0 Å². The number of sulfonamides is 1. The Morgan fingerprint density at radius 1 is 1.07 bits per heavy atom. The van der Waals surface area contributed by atoms with Crippen molar-refractivity contribution in [1.82, 2.24) is 9.78 Å². The highest BCUT2D eigenvalue weighted by Gasteiger charge is 2.27. The van der Waals surface area contributed by atoms with Gasteiger partial charge in [0.25, 0.3) is 10.0 Å². The zero-order valence-electron chi connectivity index (χ0n) is 16.4. The lowest BCUT2D eigenvalue weighted by Crippen LogP contribution is -2.14. The number of aromatic nitrogens is 2. The molecule has 1 heterocycles. The average Bonchev–Trinajstić information content (AvgIpc) is 3.40. The molecule has 0 atom stereocenters. The number of nitrogens with zero attached hydrogens (tertiary/aromatic N) is 2. The Bertz CT molecular complexity index is 1070. The fourth-order valence-corrected chi connectivity index (χ4v) is 4.98. The lowest BCUT2D eigenvalue weighted by atomic mass is 10.2. The van der Waals surface area contributed by atoms with Gasteiger partial charge in [-0.15, -0.1) is 0 Å². The van der Waals surface area contributed by atoms with Crippen LogP contribution in [-0.4, -0.2) is 24.8 Å². The van der Waals surface area contributed by atoms with Crippen LogP contribution in [0.3, 0.4) is 0 Å². The molecule has 0 aliphatic heterocycles. The molecule has 7 heteroatoms. The van der Waals surface area contributed by atoms with Gasteiger partial charge in [0.1, 0.15) is 16.3 Å². The van der Waals surface area contributed by atoms with Crippen LogP contribution in [0.1, 0.15) is 38.6 Å². The molecule has 0 bridgehead atoms. The highest BCUT2D eigenvalue weighted by molar-refractivity contribution is 7.92. The first-order chi connectivity index (χ1) is 14.1. The predicted octanol–water partition coefficient (Wildman–Crippen LogP) is 4.86. The molecule has 1 aliphatic carbocycles. The normalized spacial score (nSPS) is 14.8. The van der Waals surface area contributed by atoms with Crippen molar-refractivity contribution >= 4 is 15.7 Å². The van der Waals surface area contributed by atoms with Crippen LogP contribution >= 0.6 is 0 Å². The first kappa shape index (κ1) is 19.5. The minimum absolute atomic E-state index is 0.182. The first-order valence-electron chi connectivity index (χ1n) is 9.97. The van der Waals surface area contributed by atoms with E-state index in [1.54, 1.807) is 24.4 Å². The van der Waals surface area contributed by atoms with Crippen LogP contribution in [0.4, 0.5) is 5.69 Å². The third-order valence-corrected chi connectivity index (χ3v) is 6.53. The Kier molecular flexibility index (Phi) is 5.58. The Labute approximate surface area is 171 Å². The number of anilines is 1. The first-order valence-corrected chi connectivity index (χ1v) is 11.5. The smallest absolute Gasteiger partial charge is 0.265 e. The third kappa shape index (κ3) is 4.15. The summed E-state index contributed by atoms with van der Waals surface area (Å²) in [6.07, 6.45) is 6.01. The SMILES string of the molecule is CCOc1ccccc1NS(=O)(=O)c1cn(C2CCCC2)nc1-c1ccccc1. The van der Waals surface area contributed by atoms with Gasteiger partial charge in [-0.2, -0.15) is 5.10 Å². The lowest BCUT2D eigenvalue weighted by molar-refractivity contribution is 0.342. The fraction of sp³-hybridized carbons (Fsp3) is 0.318. The van der Waals surface area contributed by atoms with Crippen molar-refractivity contribution in [3.63, 3.8) is 0 Å². The summed E-state index contributed by atoms with van der Waals surface area (Å²) in [7, 11) is -3.85. The van der Waals surface area contributed by atoms with E-state index in [-0.39, 0.29) is 10.9 Å². The molecule has 4 rings (SSSR count). The molecule has 1 N–H and O–H groups in total. The van der Waals surface area contributed by atoms with Crippen molar-refractivity contribution < 1.29 is 13.2 Å². The van der Waals surface area contributed by atoms with Crippen molar-refractivity contribution in [2.45, 2.75) is 43.5 Å². The summed E-state index contributed by atoms with van der Waals surface area (Å²) < 4.78 is 36.8. The summed E-state index contributed by atoms with van der Waals surface area (Å²) in [6, 6.07) is 16.7. The van der Waals surface area contributed by atoms with Gasteiger partial charge in [0.05, 0.1) is 18.3 Å². The largest absolute Gasteiger partial charge is 0.492 e. The molecular formula is C22H25N3O3S. The van der Waals surface area contributed by atoms with Gasteiger partial charge in [0.15, 0.2) is 0 Å². The Morgan fingerprint density at radius 2 is 1.76 bits per heavy atom. The average molecular weight is 412 g/mol. The van der Waals surface area contributed by atoms with Crippen LogP contribution in [0.5, 0.6) is 5.75 Å². The van der Waals surface area contributed by atoms with E-state index >= 15 is 0 Å². The molecular weight excluding hydrogens is 386 g/mol. The van der Waals surface area contributed by atoms with Crippen molar-refractivity contribution in [2.75, 3.05) is 11.3 Å². The summed E-state index contributed by atoms with van der Waals surface area (Å²) in [5.74, 6) is 0.503. The van der Waals surface area contributed by atoms with Crippen LogP contribution in [0.15, 0.2) is 65.7 Å². The van der Waals surface area contributed by atoms with E-state index in [1.165, 1.54) is 0 Å². The van der Waals surface area contributed by atoms with Crippen LogP contribution < -0.4 is 9.46 Å². The minimum atomic E-state index is -3.85. The Morgan fingerprint density at radius 3 is 2.48 bits per heavy atom. The van der Waals surface area contributed by atoms with E-state index in [0.717, 1.165) is 31.2 Å². The number of para-hydroxylation sites is 2. The molecule has 1 aliphatic rings. The molecule has 29 heavy (non-hydrogen) atoms. The number of hydrogen-bond acceptors (Lipinski definition) is 4. The molecule has 0 saturated heterocycles. The van der Waals surface area contributed by atoms with E-state index in [1.807, 2.05) is 48.0 Å². The monoisotopic (exact) mass is 411 g/mol. The zero-order chi connectivity index (χ0) is 20.3. The van der Waals surface area contributed by atoms with Gasteiger partial charge < -0.3 is 4.74 Å². The van der Waals surface area contributed by atoms with Crippen LogP contribution in [0.25, 0.3) is 11.3 Å². The summed E-state index contributed by atoms with van der Waals surface area (Å²) in [6.45, 7) is 2.32. The number of benzene rings is 2. The van der Waals surface area contributed by atoms with E-state index in [9.17, 15) is 8.42 Å². The lowest BCUT2D eigenvalue weighted by Gasteiger charge is -2.12. The van der Waals surface area contributed by atoms with E-state index in [2.05, 4.69) is 4.72 Å². The third-order valence-electron chi connectivity index (χ3n) is 5.17. The maximum atomic E-state index is 13.4. The van der Waals surface area contributed by atoms with E-state index in [4.69, 9.17) is 9.84 Å². The molecule has 2 aromatic carbocycles. The second-order valence-corrected chi connectivity index (χ2v) is 8.81. The molecule has 0 spiro atoms. The minimum Gasteiger partial charge on any atom is -0.492 e. The maximum Gasteiger partial charge on any atom is 0.265 e. The second-order valence-electron chi connectivity index (χ2n) is 7.16. The van der Waals surface area contributed by atoms with Crippen molar-refractivity contribution in [2.24, 2.45) is 0 Å². The van der Waals surface area contributed by atoms with Gasteiger partial charge in [-0.3, -0.25) is 9.40 Å². The summed E-state index contributed by atoms with van der Waals surface area (Å²) in [5.41, 5.74) is 1.67. The molecule has 1 fully saturated rings.